The molecule has 1 aliphatic heterocycles. The van der Waals surface area contributed by atoms with Crippen LogP contribution in [0.25, 0.3) is 0 Å². The standard InChI is InChI=1S/C15H12F4N2.C12H24N2.C4H6O4.C4H8O.C2H6/c1-20-9-10-8-11(15(17,18)19)2-7-14(10)21-13-5-3-12(16)4-6-13;1-3-4-5-7-12-8-6-9-13-10-11(2)14-12;5-3(6)1-2-4(7)8;1-3-4-5-2;1-2/h2-9,21H,1H3;3,11-14H,1,4-10H2,2H3;1-2H2,(H,5,6)(H,7,8);3-4H,1-2H3;1-2H3/b;;;4-3+;/t;11?,12-;;;/m.0.../s1. The van der Waals surface area contributed by atoms with Crippen molar-refractivity contribution in [3.05, 3.63) is 84.4 Å². The molecule has 2 aromatic rings. The lowest BCUT2D eigenvalue weighted by Gasteiger charge is -2.26. The minimum Gasteiger partial charge on any atom is -0.505 e. The topological polar surface area (TPSA) is 132 Å². The zero-order valence-corrected chi connectivity index (χ0v) is 30.2. The van der Waals surface area contributed by atoms with Crippen LogP contribution in [0.15, 0.2) is 72.5 Å². The van der Waals surface area contributed by atoms with Gasteiger partial charge in [-0.2, -0.15) is 13.2 Å². The molecule has 0 aliphatic carbocycles. The third-order valence-corrected chi connectivity index (χ3v) is 6.43. The predicted molar refractivity (Wildman–Crippen MR) is 195 cm³/mol. The van der Waals surface area contributed by atoms with Crippen LogP contribution in [0.5, 0.6) is 0 Å². The van der Waals surface area contributed by atoms with Crippen molar-refractivity contribution in [1.29, 1.82) is 0 Å². The van der Waals surface area contributed by atoms with E-state index >= 15 is 0 Å². The number of benzene rings is 2. The molecule has 2 atom stereocenters. The van der Waals surface area contributed by atoms with E-state index in [9.17, 15) is 27.2 Å². The molecule has 5 N–H and O–H groups in total. The maximum atomic E-state index is 12.8. The van der Waals surface area contributed by atoms with Crippen LogP contribution in [0.4, 0.5) is 28.9 Å². The molecule has 0 saturated carbocycles. The largest absolute Gasteiger partial charge is 0.505 e. The lowest BCUT2D eigenvalue weighted by molar-refractivity contribution is -0.143. The normalized spacial score (nSPS) is 15.6. The molecule has 2 aromatic carbocycles. The van der Waals surface area contributed by atoms with Gasteiger partial charge >= 0.3 is 18.1 Å². The van der Waals surface area contributed by atoms with E-state index in [1.54, 1.807) is 13.4 Å². The Morgan fingerprint density at radius 1 is 1.10 bits per heavy atom. The minimum atomic E-state index is -4.41. The van der Waals surface area contributed by atoms with Crippen LogP contribution in [-0.2, 0) is 20.5 Å². The summed E-state index contributed by atoms with van der Waals surface area (Å²) in [4.78, 5) is 23.0. The Morgan fingerprint density at radius 2 is 1.72 bits per heavy atom. The molecule has 50 heavy (non-hydrogen) atoms. The highest BCUT2D eigenvalue weighted by molar-refractivity contribution is 5.89. The number of halogens is 4. The summed E-state index contributed by atoms with van der Waals surface area (Å²) in [7, 11) is 3.10. The van der Waals surface area contributed by atoms with Crippen molar-refractivity contribution < 1.29 is 42.1 Å². The third kappa shape index (κ3) is 25.7. The first kappa shape index (κ1) is 47.9. The van der Waals surface area contributed by atoms with Gasteiger partial charge in [-0.15, -0.1) is 6.58 Å². The lowest BCUT2D eigenvalue weighted by atomic mass is 10.0. The summed E-state index contributed by atoms with van der Waals surface area (Å²) in [6.07, 6.45) is 8.17. The van der Waals surface area contributed by atoms with Gasteiger partial charge in [-0.1, -0.05) is 26.0 Å². The van der Waals surface area contributed by atoms with Crippen LogP contribution in [0.3, 0.4) is 0 Å². The molecule has 0 amide bonds. The molecule has 0 bridgehead atoms. The quantitative estimate of drug-likeness (QED) is 0.0514. The maximum Gasteiger partial charge on any atom is 0.416 e. The van der Waals surface area contributed by atoms with E-state index in [1.807, 2.05) is 32.9 Å². The van der Waals surface area contributed by atoms with Gasteiger partial charge in [0.1, 0.15) is 5.82 Å². The van der Waals surface area contributed by atoms with E-state index in [-0.39, 0.29) is 18.7 Å². The number of nitrogens with zero attached hydrogens (tertiary/aromatic N) is 1. The number of carboxylic acid groups (broad SMARTS) is 2. The summed E-state index contributed by atoms with van der Waals surface area (Å²) in [5.74, 6) is -2.54. The Bertz CT molecular complexity index is 1240. The van der Waals surface area contributed by atoms with Crippen molar-refractivity contribution in [3.63, 3.8) is 0 Å². The van der Waals surface area contributed by atoms with Gasteiger partial charge in [-0.25, -0.2) is 4.39 Å². The number of methoxy groups -OCH3 is 1. The van der Waals surface area contributed by atoms with Crippen molar-refractivity contribution in [2.24, 2.45) is 4.99 Å². The number of unbranched alkanes of at least 4 members (excludes halogenated alkanes) is 1. The maximum absolute atomic E-state index is 12.8. The molecule has 1 saturated heterocycles. The van der Waals surface area contributed by atoms with Crippen molar-refractivity contribution in [3.8, 4) is 0 Å². The van der Waals surface area contributed by atoms with Gasteiger partial charge in [0.2, 0.25) is 0 Å². The summed E-state index contributed by atoms with van der Waals surface area (Å²) >= 11 is 0. The Kier molecular flexibility index (Phi) is 28.4. The molecular formula is C37H56F4N4O5. The van der Waals surface area contributed by atoms with E-state index in [1.165, 1.54) is 75.8 Å². The number of nitrogens with one attached hydrogen (secondary N) is 3. The minimum absolute atomic E-state index is 0.296. The van der Waals surface area contributed by atoms with Crippen LogP contribution in [0, 0.1) is 5.82 Å². The second-order valence-corrected chi connectivity index (χ2v) is 10.6. The molecule has 282 valence electrons. The molecule has 0 aromatic heterocycles. The number of allylic oxidation sites excluding steroid dienone is 2. The second kappa shape index (κ2) is 29.7. The average molecular weight is 713 g/mol. The van der Waals surface area contributed by atoms with Gasteiger partial charge in [0.15, 0.2) is 0 Å². The number of carboxylic acids is 2. The monoisotopic (exact) mass is 712 g/mol. The first-order valence-corrected chi connectivity index (χ1v) is 16.6. The van der Waals surface area contributed by atoms with Crippen LogP contribution in [0.2, 0.25) is 0 Å². The molecule has 1 aliphatic rings. The summed E-state index contributed by atoms with van der Waals surface area (Å²) < 4.78 is 55.5. The number of anilines is 2. The number of aliphatic carboxylic acids is 2. The zero-order valence-electron chi connectivity index (χ0n) is 30.2. The summed E-state index contributed by atoms with van der Waals surface area (Å²) in [6.45, 7) is 14.2. The van der Waals surface area contributed by atoms with Gasteiger partial charge in [0, 0.05) is 48.8 Å². The van der Waals surface area contributed by atoms with Crippen LogP contribution in [0.1, 0.15) is 83.8 Å². The number of hydrogen-bond acceptors (Lipinski definition) is 7. The number of carbonyl (C=O) groups is 2. The molecule has 3 rings (SSSR count). The third-order valence-electron chi connectivity index (χ3n) is 6.43. The Morgan fingerprint density at radius 3 is 2.20 bits per heavy atom. The van der Waals surface area contributed by atoms with Crippen molar-refractivity contribution in [1.82, 2.24) is 10.6 Å². The number of aliphatic imine (C=N–C) groups is 1. The van der Waals surface area contributed by atoms with Crippen LogP contribution in [-0.4, -0.2) is 67.7 Å². The SMILES string of the molecule is C/C=C/OC.C=CCCC[C@H]1CCCNCC(C)N1.CC.CN=Cc1cc(C(F)(F)F)ccc1Nc1ccc(F)cc1.O=C(O)CCC(=O)O. The molecule has 1 heterocycles. The Labute approximate surface area is 294 Å². The molecule has 1 unspecified atom stereocenters. The predicted octanol–water partition coefficient (Wildman–Crippen LogP) is 8.84. The smallest absolute Gasteiger partial charge is 0.416 e. The number of hydrogen-bond donors (Lipinski definition) is 5. The summed E-state index contributed by atoms with van der Waals surface area (Å²) in [5, 5.41) is 25.9. The highest BCUT2D eigenvalue weighted by atomic mass is 19.4. The highest BCUT2D eigenvalue weighted by Gasteiger charge is 2.30. The van der Waals surface area contributed by atoms with Crippen LogP contribution >= 0.6 is 0 Å². The first-order chi connectivity index (χ1) is 23.8. The second-order valence-electron chi connectivity index (χ2n) is 10.6. The number of alkyl halides is 3. The molecule has 0 spiro atoms. The van der Waals surface area contributed by atoms with Crippen LogP contribution < -0.4 is 16.0 Å². The van der Waals surface area contributed by atoms with E-state index < -0.39 is 23.7 Å². The molecule has 9 nitrogen and oxygen atoms in total. The van der Waals surface area contributed by atoms with Gasteiger partial charge in [0.25, 0.3) is 0 Å². The Balaban J connectivity index is 0. The fourth-order valence-corrected chi connectivity index (χ4v) is 4.21. The fourth-order valence-electron chi connectivity index (χ4n) is 4.21. The Hall–Kier alpha value is -4.23. The van der Waals surface area contributed by atoms with Crippen molar-refractivity contribution >= 4 is 29.5 Å². The molecule has 1 fully saturated rings. The highest BCUT2D eigenvalue weighted by Crippen LogP contribution is 2.32. The molecular weight excluding hydrogens is 656 g/mol. The van der Waals surface area contributed by atoms with E-state index in [0.29, 0.717) is 23.0 Å². The van der Waals surface area contributed by atoms with Gasteiger partial charge in [0.05, 0.1) is 31.8 Å². The summed E-state index contributed by atoms with van der Waals surface area (Å²) in [6, 6.07) is 10.2. The van der Waals surface area contributed by atoms with Crippen molar-refractivity contribution in [2.75, 3.05) is 32.6 Å². The number of rotatable bonds is 11. The van der Waals surface area contributed by atoms with E-state index in [0.717, 1.165) is 31.1 Å². The number of ether oxygens (including phenoxy) is 1. The molecule has 13 heteroatoms. The van der Waals surface area contributed by atoms with E-state index in [2.05, 4.69) is 39.2 Å². The summed E-state index contributed by atoms with van der Waals surface area (Å²) in [5.41, 5.74) is 0.584. The average Bonchev–Trinajstić information content (AvgIpc) is 3.06. The lowest BCUT2D eigenvalue weighted by Crippen LogP contribution is -2.45. The van der Waals surface area contributed by atoms with Gasteiger partial charge in [-0.3, -0.25) is 14.6 Å². The van der Waals surface area contributed by atoms with E-state index in [4.69, 9.17) is 10.2 Å². The van der Waals surface area contributed by atoms with Gasteiger partial charge < -0.3 is 30.9 Å². The zero-order chi connectivity index (χ0) is 38.4. The first-order valence-electron chi connectivity index (χ1n) is 16.6. The fraction of sp³-hybridized carbons (Fsp3) is 0.486. The molecule has 0 radical (unpaired) electrons. The van der Waals surface area contributed by atoms with Crippen molar-refractivity contribution in [2.45, 2.75) is 90.9 Å². The van der Waals surface area contributed by atoms with Gasteiger partial charge in [-0.05, 0) is 95.0 Å².